The van der Waals surface area contributed by atoms with Crippen LogP contribution in [0.2, 0.25) is 0 Å². The van der Waals surface area contributed by atoms with Crippen molar-refractivity contribution in [3.05, 3.63) is 0 Å². The van der Waals surface area contributed by atoms with Crippen LogP contribution in [-0.2, 0) is 0 Å². The average molecular weight is 227 g/mol. The maximum Gasteiger partial charge on any atom is 0.0271 e. The van der Waals surface area contributed by atoms with E-state index in [1.54, 1.807) is 0 Å². The van der Waals surface area contributed by atoms with Gasteiger partial charge >= 0.3 is 0 Å². The van der Waals surface area contributed by atoms with Crippen molar-refractivity contribution in [2.75, 3.05) is 34.2 Å². The molecule has 0 spiro atoms. The Labute approximate surface area is 101 Å². The highest BCUT2D eigenvalue weighted by Gasteiger charge is 2.25. The summed E-state index contributed by atoms with van der Waals surface area (Å²) >= 11 is 0. The zero-order valence-electron chi connectivity index (χ0n) is 11.9. The summed E-state index contributed by atoms with van der Waals surface area (Å²) in [5.74, 6) is 0. The van der Waals surface area contributed by atoms with E-state index in [9.17, 15) is 0 Å². The van der Waals surface area contributed by atoms with Crippen molar-refractivity contribution < 1.29 is 0 Å². The molecule has 0 saturated carbocycles. The van der Waals surface area contributed by atoms with E-state index in [4.69, 9.17) is 0 Å². The molecule has 0 aromatic carbocycles. The first-order valence-corrected chi connectivity index (χ1v) is 6.44. The monoisotopic (exact) mass is 227 g/mol. The van der Waals surface area contributed by atoms with E-state index in [-0.39, 0.29) is 5.54 Å². The molecule has 0 aromatic rings. The number of likely N-dealkylation sites (tertiary alicyclic amines) is 1. The molecule has 1 heterocycles. The summed E-state index contributed by atoms with van der Waals surface area (Å²) in [6.45, 7) is 9.20. The highest BCUT2D eigenvalue weighted by Crippen LogP contribution is 2.16. The minimum Gasteiger partial charge on any atom is -0.312 e. The number of nitrogens with one attached hydrogen (secondary N) is 1. The Bertz CT molecular complexity index is 213. The molecule has 3 nitrogen and oxygen atoms in total. The molecular weight excluding hydrogens is 198 g/mol. The summed E-state index contributed by atoms with van der Waals surface area (Å²) in [6.07, 6.45) is 2.56. The summed E-state index contributed by atoms with van der Waals surface area (Å²) in [5.41, 5.74) is 0.243. The number of hydrogen-bond acceptors (Lipinski definition) is 3. The molecule has 0 aliphatic carbocycles. The molecule has 1 N–H and O–H groups in total. The summed E-state index contributed by atoms with van der Waals surface area (Å²) in [7, 11) is 6.53. The van der Waals surface area contributed by atoms with Gasteiger partial charge in [0.15, 0.2) is 0 Å². The predicted molar refractivity (Wildman–Crippen MR) is 70.9 cm³/mol. The van der Waals surface area contributed by atoms with Gasteiger partial charge in [0.05, 0.1) is 0 Å². The molecule has 1 rings (SSSR count). The van der Waals surface area contributed by atoms with E-state index in [1.807, 2.05) is 0 Å². The first-order chi connectivity index (χ1) is 7.33. The molecule has 1 aliphatic heterocycles. The van der Waals surface area contributed by atoms with Gasteiger partial charge in [-0.05, 0) is 61.3 Å². The van der Waals surface area contributed by atoms with Crippen LogP contribution < -0.4 is 5.32 Å². The Morgan fingerprint density at radius 2 is 2.00 bits per heavy atom. The van der Waals surface area contributed by atoms with Gasteiger partial charge < -0.3 is 15.1 Å². The molecule has 2 atom stereocenters. The largest absolute Gasteiger partial charge is 0.312 e. The zero-order chi connectivity index (χ0) is 12.3. The second kappa shape index (κ2) is 5.48. The first-order valence-electron chi connectivity index (χ1n) is 6.44. The maximum absolute atomic E-state index is 3.73. The van der Waals surface area contributed by atoms with E-state index in [1.165, 1.54) is 19.4 Å². The fourth-order valence-corrected chi connectivity index (χ4v) is 2.03. The second-order valence-corrected chi connectivity index (χ2v) is 6.14. The Hall–Kier alpha value is -0.120. The molecule has 1 fully saturated rings. The summed E-state index contributed by atoms with van der Waals surface area (Å²) in [5, 5.41) is 3.73. The van der Waals surface area contributed by atoms with Crippen LogP contribution >= 0.6 is 0 Å². The fraction of sp³-hybridized carbons (Fsp3) is 1.00. The molecule has 3 heteroatoms. The normalized spacial score (nSPS) is 28.7. The van der Waals surface area contributed by atoms with Crippen molar-refractivity contribution in [2.24, 2.45) is 0 Å². The summed E-state index contributed by atoms with van der Waals surface area (Å²) < 4.78 is 0. The highest BCUT2D eigenvalue weighted by molar-refractivity contribution is 4.86. The number of piperidine rings is 1. The van der Waals surface area contributed by atoms with Crippen molar-refractivity contribution in [1.82, 2.24) is 15.1 Å². The molecule has 96 valence electrons. The zero-order valence-corrected chi connectivity index (χ0v) is 11.9. The van der Waals surface area contributed by atoms with Crippen molar-refractivity contribution in [3.63, 3.8) is 0 Å². The van der Waals surface area contributed by atoms with E-state index < -0.39 is 0 Å². The van der Waals surface area contributed by atoms with E-state index >= 15 is 0 Å². The van der Waals surface area contributed by atoms with Crippen molar-refractivity contribution >= 4 is 0 Å². The van der Waals surface area contributed by atoms with Crippen LogP contribution in [0.15, 0.2) is 0 Å². The van der Waals surface area contributed by atoms with Gasteiger partial charge in [0, 0.05) is 24.2 Å². The van der Waals surface area contributed by atoms with E-state index in [0.29, 0.717) is 12.1 Å². The minimum atomic E-state index is 0.243. The van der Waals surface area contributed by atoms with Gasteiger partial charge in [0.25, 0.3) is 0 Å². The Morgan fingerprint density at radius 3 is 2.50 bits per heavy atom. The summed E-state index contributed by atoms with van der Waals surface area (Å²) in [4.78, 5) is 4.74. The third-order valence-electron chi connectivity index (χ3n) is 4.24. The Kier molecular flexibility index (Phi) is 4.77. The molecule has 0 radical (unpaired) electrons. The van der Waals surface area contributed by atoms with E-state index in [2.05, 4.69) is 57.0 Å². The van der Waals surface area contributed by atoms with Gasteiger partial charge in [-0.25, -0.2) is 0 Å². The number of hydrogen-bond donors (Lipinski definition) is 1. The van der Waals surface area contributed by atoms with Gasteiger partial charge in [0.2, 0.25) is 0 Å². The van der Waals surface area contributed by atoms with Crippen LogP contribution in [0.3, 0.4) is 0 Å². The SMILES string of the molecule is CC1CC(NCC(C)(C)N(C)C)CCN1C. The molecule has 1 saturated heterocycles. The molecule has 0 amide bonds. The lowest BCUT2D eigenvalue weighted by Gasteiger charge is -2.39. The molecule has 16 heavy (non-hydrogen) atoms. The lowest BCUT2D eigenvalue weighted by Crippen LogP contribution is -2.52. The minimum absolute atomic E-state index is 0.243. The number of likely N-dealkylation sites (N-methyl/N-ethyl adjacent to an activating group) is 1. The number of rotatable bonds is 4. The maximum atomic E-state index is 3.73. The quantitative estimate of drug-likeness (QED) is 0.783. The van der Waals surface area contributed by atoms with Gasteiger partial charge in [-0.3, -0.25) is 0 Å². The van der Waals surface area contributed by atoms with Gasteiger partial charge in [0.1, 0.15) is 0 Å². The smallest absolute Gasteiger partial charge is 0.0271 e. The van der Waals surface area contributed by atoms with Gasteiger partial charge in [-0.1, -0.05) is 0 Å². The molecule has 0 aromatic heterocycles. The highest BCUT2D eigenvalue weighted by atomic mass is 15.2. The van der Waals surface area contributed by atoms with Crippen LogP contribution in [0.1, 0.15) is 33.6 Å². The van der Waals surface area contributed by atoms with Crippen molar-refractivity contribution in [3.8, 4) is 0 Å². The average Bonchev–Trinajstić information content (AvgIpc) is 2.20. The van der Waals surface area contributed by atoms with Gasteiger partial charge in [-0.15, -0.1) is 0 Å². The predicted octanol–water partition coefficient (Wildman–Crippen LogP) is 1.40. The van der Waals surface area contributed by atoms with Crippen LogP contribution in [-0.4, -0.2) is 61.7 Å². The standard InChI is InChI=1S/C13H29N3/c1-11-9-12(7-8-16(11)6)14-10-13(2,3)15(4)5/h11-12,14H,7-10H2,1-6H3. The molecular formula is C13H29N3. The number of nitrogens with zero attached hydrogens (tertiary/aromatic N) is 2. The van der Waals surface area contributed by atoms with Crippen molar-refractivity contribution in [2.45, 2.75) is 51.2 Å². The molecule has 0 bridgehead atoms. The second-order valence-electron chi connectivity index (χ2n) is 6.14. The lowest BCUT2D eigenvalue weighted by molar-refractivity contribution is 0.143. The summed E-state index contributed by atoms with van der Waals surface area (Å²) in [6, 6.07) is 1.42. The van der Waals surface area contributed by atoms with Gasteiger partial charge in [-0.2, -0.15) is 0 Å². The first kappa shape index (κ1) is 13.9. The Balaban J connectivity index is 2.34. The van der Waals surface area contributed by atoms with Crippen LogP contribution in [0.25, 0.3) is 0 Å². The van der Waals surface area contributed by atoms with E-state index in [0.717, 1.165) is 6.54 Å². The van der Waals surface area contributed by atoms with Crippen LogP contribution in [0, 0.1) is 0 Å². The van der Waals surface area contributed by atoms with Crippen molar-refractivity contribution in [1.29, 1.82) is 0 Å². The topological polar surface area (TPSA) is 18.5 Å². The molecule has 1 aliphatic rings. The Morgan fingerprint density at radius 1 is 1.38 bits per heavy atom. The fourth-order valence-electron chi connectivity index (χ4n) is 2.03. The third-order valence-corrected chi connectivity index (χ3v) is 4.24. The lowest BCUT2D eigenvalue weighted by atomic mass is 9.97. The third kappa shape index (κ3) is 3.72. The van der Waals surface area contributed by atoms with Crippen LogP contribution in [0.4, 0.5) is 0 Å². The van der Waals surface area contributed by atoms with Crippen LogP contribution in [0.5, 0.6) is 0 Å². The molecule has 2 unspecified atom stereocenters.